The first-order chi connectivity index (χ1) is 11.5. The molecule has 3 rings (SSSR count). The smallest absolute Gasteiger partial charge is 0.221 e. The van der Waals surface area contributed by atoms with E-state index in [1.807, 2.05) is 31.2 Å². The summed E-state index contributed by atoms with van der Waals surface area (Å²) >= 11 is 0. The number of nitrogens with zero attached hydrogens (tertiary/aromatic N) is 1. The molecule has 0 bridgehead atoms. The van der Waals surface area contributed by atoms with E-state index < -0.39 is 0 Å². The van der Waals surface area contributed by atoms with Crippen LogP contribution in [0.3, 0.4) is 0 Å². The van der Waals surface area contributed by atoms with Crippen LogP contribution in [0.25, 0.3) is 22.2 Å². The third kappa shape index (κ3) is 3.01. The molecule has 1 heterocycles. The first-order valence-corrected chi connectivity index (χ1v) is 7.54. The Hall–Kier alpha value is -3.08. The third-order valence-electron chi connectivity index (χ3n) is 3.80. The van der Waals surface area contributed by atoms with Gasteiger partial charge in [0.25, 0.3) is 0 Å². The Labute approximate surface area is 139 Å². The first-order valence-electron chi connectivity index (χ1n) is 7.54. The summed E-state index contributed by atoms with van der Waals surface area (Å²) in [5, 5.41) is 13.4. The molecule has 0 aliphatic rings. The van der Waals surface area contributed by atoms with Crippen molar-refractivity contribution in [2.75, 3.05) is 12.4 Å². The fourth-order valence-electron chi connectivity index (χ4n) is 2.70. The molecule has 24 heavy (non-hydrogen) atoms. The normalized spacial score (nSPS) is 10.6. The lowest BCUT2D eigenvalue weighted by atomic mass is 10.0. The van der Waals surface area contributed by atoms with Crippen molar-refractivity contribution in [2.24, 2.45) is 0 Å². The van der Waals surface area contributed by atoms with Crippen molar-refractivity contribution in [3.63, 3.8) is 0 Å². The van der Waals surface area contributed by atoms with Crippen LogP contribution in [0.15, 0.2) is 42.5 Å². The maximum Gasteiger partial charge on any atom is 0.221 e. The number of carbonyl (C=O) groups excluding carboxylic acids is 1. The minimum absolute atomic E-state index is 0.106. The van der Waals surface area contributed by atoms with E-state index >= 15 is 0 Å². The molecule has 2 aromatic carbocycles. The van der Waals surface area contributed by atoms with Gasteiger partial charge in [0.15, 0.2) is 0 Å². The lowest BCUT2D eigenvalue weighted by Gasteiger charge is -2.12. The Balaban J connectivity index is 2.13. The number of rotatable bonds is 3. The molecule has 0 spiro atoms. The van der Waals surface area contributed by atoms with Crippen molar-refractivity contribution in [2.45, 2.75) is 13.8 Å². The topological polar surface area (TPSA) is 71.5 Å². The van der Waals surface area contributed by atoms with Gasteiger partial charge in [-0.25, -0.2) is 4.98 Å². The summed E-state index contributed by atoms with van der Waals surface area (Å²) < 4.78 is 5.35. The number of methoxy groups -OCH3 is 1. The van der Waals surface area contributed by atoms with Crippen molar-refractivity contribution in [1.82, 2.24) is 4.98 Å². The number of hydrogen-bond donors (Lipinski definition) is 2. The maximum absolute atomic E-state index is 11.2. The number of fused-ring (bicyclic) bond motifs is 1. The number of anilines is 1. The highest BCUT2D eigenvalue weighted by atomic mass is 16.5. The molecule has 5 nitrogen and oxygen atoms in total. The lowest BCUT2D eigenvalue weighted by molar-refractivity contribution is -0.114. The average molecular weight is 322 g/mol. The van der Waals surface area contributed by atoms with Crippen LogP contribution in [0, 0.1) is 6.92 Å². The molecule has 2 N–H and O–H groups in total. The molecule has 0 aliphatic carbocycles. The Morgan fingerprint density at radius 1 is 1.17 bits per heavy atom. The second-order valence-electron chi connectivity index (χ2n) is 5.62. The zero-order valence-electron chi connectivity index (χ0n) is 13.8. The van der Waals surface area contributed by atoms with Crippen LogP contribution in [-0.2, 0) is 4.79 Å². The minimum atomic E-state index is -0.106. The van der Waals surface area contributed by atoms with Gasteiger partial charge in [0.05, 0.1) is 18.3 Å². The number of phenolic OH excluding ortho intramolecular Hbond substituents is 1. The van der Waals surface area contributed by atoms with Gasteiger partial charge in [-0.2, -0.15) is 0 Å². The van der Waals surface area contributed by atoms with E-state index in [9.17, 15) is 9.90 Å². The number of pyridine rings is 1. The molecule has 0 atom stereocenters. The Morgan fingerprint density at radius 3 is 2.67 bits per heavy atom. The standard InChI is InChI=1S/C19H18N2O3/c1-11-8-18(15-6-5-14(23)10-19(15)24-3)21-17-7-4-13(9-16(11)17)20-12(2)22/h4-10,23H,1-3H3,(H,20,22). The predicted octanol–water partition coefficient (Wildman–Crippen LogP) is 3.88. The van der Waals surface area contributed by atoms with Gasteiger partial charge in [0.2, 0.25) is 5.91 Å². The molecule has 122 valence electrons. The van der Waals surface area contributed by atoms with Crippen LogP contribution in [0.5, 0.6) is 11.5 Å². The van der Waals surface area contributed by atoms with Crippen molar-refractivity contribution < 1.29 is 14.6 Å². The van der Waals surface area contributed by atoms with E-state index in [1.165, 1.54) is 6.92 Å². The Morgan fingerprint density at radius 2 is 1.96 bits per heavy atom. The predicted molar refractivity (Wildman–Crippen MR) is 94.4 cm³/mol. The fraction of sp³-hybridized carbons (Fsp3) is 0.158. The van der Waals surface area contributed by atoms with Crippen molar-refractivity contribution in [3.05, 3.63) is 48.0 Å². The van der Waals surface area contributed by atoms with Crippen LogP contribution in [-0.4, -0.2) is 23.1 Å². The summed E-state index contributed by atoms with van der Waals surface area (Å²) in [7, 11) is 1.56. The highest BCUT2D eigenvalue weighted by Gasteiger charge is 2.11. The van der Waals surface area contributed by atoms with E-state index in [0.29, 0.717) is 5.75 Å². The van der Waals surface area contributed by atoms with E-state index in [1.54, 1.807) is 25.3 Å². The molecule has 3 aromatic rings. The maximum atomic E-state index is 11.2. The zero-order chi connectivity index (χ0) is 17.3. The quantitative estimate of drug-likeness (QED) is 0.767. The number of amides is 1. The van der Waals surface area contributed by atoms with Gasteiger partial charge in [-0.1, -0.05) is 0 Å². The van der Waals surface area contributed by atoms with Gasteiger partial charge in [-0.3, -0.25) is 4.79 Å². The van der Waals surface area contributed by atoms with Gasteiger partial charge >= 0.3 is 0 Å². The molecular formula is C19H18N2O3. The number of nitrogens with one attached hydrogen (secondary N) is 1. The number of phenols is 1. The Kier molecular flexibility index (Phi) is 4.08. The summed E-state index contributed by atoms with van der Waals surface area (Å²) in [5.41, 5.74) is 4.19. The van der Waals surface area contributed by atoms with Crippen LogP contribution >= 0.6 is 0 Å². The lowest BCUT2D eigenvalue weighted by Crippen LogP contribution is -2.05. The number of carbonyl (C=O) groups is 1. The molecule has 1 amide bonds. The zero-order valence-corrected chi connectivity index (χ0v) is 13.8. The number of ether oxygens (including phenoxy) is 1. The number of aromatic hydroxyl groups is 1. The van der Waals surface area contributed by atoms with Crippen LogP contribution in [0.2, 0.25) is 0 Å². The van der Waals surface area contributed by atoms with Crippen molar-refractivity contribution in [3.8, 4) is 22.8 Å². The summed E-state index contributed by atoms with van der Waals surface area (Å²) in [4.78, 5) is 15.9. The molecule has 0 fully saturated rings. The molecule has 0 saturated heterocycles. The number of benzene rings is 2. The highest BCUT2D eigenvalue weighted by Crippen LogP contribution is 2.34. The van der Waals surface area contributed by atoms with E-state index in [4.69, 9.17) is 9.72 Å². The molecule has 0 aliphatic heterocycles. The number of hydrogen-bond acceptors (Lipinski definition) is 4. The van der Waals surface area contributed by atoms with E-state index in [-0.39, 0.29) is 11.7 Å². The van der Waals surface area contributed by atoms with Crippen LogP contribution < -0.4 is 10.1 Å². The summed E-state index contributed by atoms with van der Waals surface area (Å²) in [5.74, 6) is 0.606. The summed E-state index contributed by atoms with van der Waals surface area (Å²) in [6, 6.07) is 12.5. The average Bonchev–Trinajstić information content (AvgIpc) is 2.54. The first kappa shape index (κ1) is 15.8. The highest BCUT2D eigenvalue weighted by molar-refractivity contribution is 5.94. The second-order valence-corrected chi connectivity index (χ2v) is 5.62. The molecule has 0 radical (unpaired) electrons. The summed E-state index contributed by atoms with van der Waals surface area (Å²) in [6.07, 6.45) is 0. The minimum Gasteiger partial charge on any atom is -0.508 e. The Bertz CT molecular complexity index is 935. The SMILES string of the molecule is COc1cc(O)ccc1-c1cc(C)c2cc(NC(C)=O)ccc2n1. The van der Waals surface area contributed by atoms with Gasteiger partial charge in [0.1, 0.15) is 11.5 Å². The van der Waals surface area contributed by atoms with Crippen molar-refractivity contribution >= 4 is 22.5 Å². The van der Waals surface area contributed by atoms with Crippen molar-refractivity contribution in [1.29, 1.82) is 0 Å². The number of aryl methyl sites for hydroxylation is 1. The molecule has 1 aromatic heterocycles. The van der Waals surface area contributed by atoms with E-state index in [0.717, 1.165) is 33.4 Å². The van der Waals surface area contributed by atoms with E-state index in [2.05, 4.69) is 5.32 Å². The molecule has 0 saturated carbocycles. The van der Waals surface area contributed by atoms with Gasteiger partial charge in [0, 0.05) is 29.6 Å². The third-order valence-corrected chi connectivity index (χ3v) is 3.80. The molecule has 0 unspecified atom stereocenters. The monoisotopic (exact) mass is 322 g/mol. The largest absolute Gasteiger partial charge is 0.508 e. The molecular weight excluding hydrogens is 304 g/mol. The van der Waals surface area contributed by atoms with Gasteiger partial charge < -0.3 is 15.2 Å². The van der Waals surface area contributed by atoms with Crippen LogP contribution in [0.4, 0.5) is 5.69 Å². The van der Waals surface area contributed by atoms with Crippen LogP contribution in [0.1, 0.15) is 12.5 Å². The molecule has 5 heteroatoms. The number of aromatic nitrogens is 1. The fourth-order valence-corrected chi connectivity index (χ4v) is 2.70. The van der Waals surface area contributed by atoms with Gasteiger partial charge in [-0.15, -0.1) is 0 Å². The second kappa shape index (κ2) is 6.20. The van der Waals surface area contributed by atoms with Gasteiger partial charge in [-0.05, 0) is 48.9 Å². The summed E-state index contributed by atoms with van der Waals surface area (Å²) in [6.45, 7) is 3.48.